The first-order valence-corrected chi connectivity index (χ1v) is 10.8. The Morgan fingerprint density at radius 3 is 2.30 bits per heavy atom. The Morgan fingerprint density at radius 1 is 1.18 bits per heavy atom. The van der Waals surface area contributed by atoms with Gasteiger partial charge in [0, 0.05) is 11.8 Å². The molecule has 1 rings (SSSR count). The van der Waals surface area contributed by atoms with Crippen molar-refractivity contribution in [3.63, 3.8) is 0 Å². The van der Waals surface area contributed by atoms with Crippen molar-refractivity contribution in [1.82, 2.24) is 15.5 Å². The van der Waals surface area contributed by atoms with Crippen LogP contribution in [-0.2, 0) is 23.9 Å². The molecular weight excluding hydrogens is 446 g/mol. The van der Waals surface area contributed by atoms with Crippen molar-refractivity contribution in [2.75, 3.05) is 19.4 Å². The number of nitrogens with zero attached hydrogens (tertiary/aromatic N) is 1. The number of hydrogen-bond acceptors (Lipinski definition) is 7. The smallest absolute Gasteiger partial charge is 0.408 e. The third-order valence-electron chi connectivity index (χ3n) is 4.54. The van der Waals surface area contributed by atoms with Crippen LogP contribution >= 0.6 is 12.6 Å². The molecule has 180 valence electrons. The Balaban J connectivity index is 3.31. The van der Waals surface area contributed by atoms with Crippen LogP contribution in [0.1, 0.15) is 43.5 Å². The molecule has 2 atom stereocenters. The molecule has 0 aliphatic carbocycles. The van der Waals surface area contributed by atoms with Crippen molar-refractivity contribution in [3.8, 4) is 12.5 Å². The van der Waals surface area contributed by atoms with E-state index < -0.39 is 48.1 Å². The number of hydrogen-bond donors (Lipinski definition) is 3. The van der Waals surface area contributed by atoms with E-state index in [4.69, 9.17) is 11.2 Å². The lowest BCUT2D eigenvalue weighted by atomic mass is 9.99. The van der Waals surface area contributed by atoms with Crippen molar-refractivity contribution in [3.05, 3.63) is 34.9 Å². The summed E-state index contributed by atoms with van der Waals surface area (Å²) in [4.78, 5) is 50.9. The lowest BCUT2D eigenvalue weighted by molar-refractivity contribution is -0.142. The van der Waals surface area contributed by atoms with E-state index in [0.717, 1.165) is 16.0 Å². The highest BCUT2D eigenvalue weighted by Crippen LogP contribution is 2.24. The van der Waals surface area contributed by atoms with Gasteiger partial charge in [-0.05, 0) is 51.3 Å². The van der Waals surface area contributed by atoms with E-state index in [2.05, 4.69) is 34.0 Å². The molecule has 0 radical (unpaired) electrons. The quantitative estimate of drug-likeness (QED) is 0.228. The number of rotatable bonds is 8. The van der Waals surface area contributed by atoms with E-state index >= 15 is 0 Å². The average molecular weight is 478 g/mol. The molecule has 3 amide bonds. The second-order valence-electron chi connectivity index (χ2n) is 8.26. The Kier molecular flexibility index (Phi) is 10.3. The maximum absolute atomic E-state index is 13.3. The fourth-order valence-corrected chi connectivity index (χ4v) is 3.00. The van der Waals surface area contributed by atoms with Crippen LogP contribution in [0.5, 0.6) is 0 Å². The van der Waals surface area contributed by atoms with E-state index in [9.17, 15) is 19.2 Å². The number of aryl methyl sites for hydroxylation is 2. The van der Waals surface area contributed by atoms with E-state index in [1.54, 1.807) is 39.0 Å². The largest absolute Gasteiger partial charge is 0.468 e. The zero-order valence-corrected chi connectivity index (χ0v) is 20.6. The molecule has 0 heterocycles. The third kappa shape index (κ3) is 8.35. The van der Waals surface area contributed by atoms with Crippen LogP contribution in [0.3, 0.4) is 0 Å². The SMILES string of the molecule is C#CN(C(=O)C(CS)NC(=O)OC(C)(C)C)C(C(=O)NCC(=O)OC)c1ccc(C)c(C)c1. The molecule has 2 N–H and O–H groups in total. The number of alkyl carbamates (subject to hydrolysis) is 1. The van der Waals surface area contributed by atoms with E-state index in [-0.39, 0.29) is 5.75 Å². The van der Waals surface area contributed by atoms with Crippen LogP contribution in [0.4, 0.5) is 4.79 Å². The first-order valence-electron chi connectivity index (χ1n) is 10.2. The Labute approximate surface area is 200 Å². The second-order valence-corrected chi connectivity index (χ2v) is 8.62. The minimum atomic E-state index is -1.27. The predicted octanol–water partition coefficient (Wildman–Crippen LogP) is 1.88. The second kappa shape index (κ2) is 12.2. The van der Waals surface area contributed by atoms with Gasteiger partial charge in [0.1, 0.15) is 24.2 Å². The summed E-state index contributed by atoms with van der Waals surface area (Å²) < 4.78 is 9.74. The molecule has 0 aliphatic heterocycles. The van der Waals surface area contributed by atoms with Gasteiger partial charge in [0.2, 0.25) is 5.91 Å². The molecule has 0 fully saturated rings. The molecule has 2 unspecified atom stereocenters. The van der Waals surface area contributed by atoms with Gasteiger partial charge in [-0.2, -0.15) is 12.6 Å². The van der Waals surface area contributed by atoms with Gasteiger partial charge in [0.05, 0.1) is 7.11 Å². The number of carbonyl (C=O) groups is 4. The Hall–Kier alpha value is -3.19. The van der Waals surface area contributed by atoms with Crippen LogP contribution in [0.15, 0.2) is 18.2 Å². The number of thiol groups is 1. The van der Waals surface area contributed by atoms with Crippen molar-refractivity contribution in [1.29, 1.82) is 0 Å². The topological polar surface area (TPSA) is 114 Å². The highest BCUT2D eigenvalue weighted by molar-refractivity contribution is 7.80. The first kappa shape index (κ1) is 27.8. The molecule has 33 heavy (non-hydrogen) atoms. The summed E-state index contributed by atoms with van der Waals surface area (Å²) in [5.41, 5.74) is 1.50. The summed E-state index contributed by atoms with van der Waals surface area (Å²) in [5, 5.41) is 4.86. The van der Waals surface area contributed by atoms with Gasteiger partial charge in [0.25, 0.3) is 5.91 Å². The van der Waals surface area contributed by atoms with Gasteiger partial charge >= 0.3 is 12.1 Å². The highest BCUT2D eigenvalue weighted by atomic mass is 32.1. The summed E-state index contributed by atoms with van der Waals surface area (Å²) in [6, 6.07) is 4.99. The van der Waals surface area contributed by atoms with Crippen molar-refractivity contribution in [2.24, 2.45) is 0 Å². The monoisotopic (exact) mass is 477 g/mol. The highest BCUT2D eigenvalue weighted by Gasteiger charge is 2.35. The number of carbonyl (C=O) groups excluding carboxylic acids is 4. The number of ether oxygens (including phenoxy) is 2. The average Bonchev–Trinajstić information content (AvgIpc) is 2.74. The Bertz CT molecular complexity index is 935. The van der Waals surface area contributed by atoms with Crippen LogP contribution in [0.2, 0.25) is 0 Å². The van der Waals surface area contributed by atoms with Gasteiger partial charge in [-0.1, -0.05) is 24.6 Å². The molecule has 0 bridgehead atoms. The van der Waals surface area contributed by atoms with E-state index in [1.165, 1.54) is 7.11 Å². The summed E-state index contributed by atoms with van der Waals surface area (Å²) >= 11 is 4.14. The maximum Gasteiger partial charge on any atom is 0.408 e. The number of methoxy groups -OCH3 is 1. The molecule has 10 heteroatoms. The van der Waals surface area contributed by atoms with Crippen molar-refractivity contribution < 1.29 is 28.7 Å². The molecule has 1 aromatic carbocycles. The normalized spacial score (nSPS) is 12.5. The lowest BCUT2D eigenvalue weighted by Gasteiger charge is -2.30. The molecule has 0 saturated carbocycles. The summed E-state index contributed by atoms with van der Waals surface area (Å²) in [5.74, 6) is -2.19. The predicted molar refractivity (Wildman–Crippen MR) is 126 cm³/mol. The molecular formula is C23H31N3O6S. The number of nitrogens with one attached hydrogen (secondary N) is 2. The van der Waals surface area contributed by atoms with Gasteiger partial charge in [-0.25, -0.2) is 4.79 Å². The molecule has 1 aromatic rings. The molecule has 0 spiro atoms. The van der Waals surface area contributed by atoms with Crippen LogP contribution in [0, 0.1) is 26.3 Å². The van der Waals surface area contributed by atoms with Gasteiger partial charge in [-0.15, -0.1) is 0 Å². The van der Waals surface area contributed by atoms with Crippen LogP contribution < -0.4 is 10.6 Å². The number of esters is 1. The lowest BCUT2D eigenvalue weighted by Crippen LogP contribution is -2.52. The number of terminal acetylenes is 1. The fourth-order valence-electron chi connectivity index (χ4n) is 2.75. The van der Waals surface area contributed by atoms with Gasteiger partial charge in [0.15, 0.2) is 0 Å². The minimum absolute atomic E-state index is 0.0975. The van der Waals surface area contributed by atoms with Crippen LogP contribution in [0.25, 0.3) is 0 Å². The zero-order chi connectivity index (χ0) is 25.3. The van der Waals surface area contributed by atoms with E-state index in [1.807, 2.05) is 13.8 Å². The molecule has 0 aliphatic rings. The van der Waals surface area contributed by atoms with Crippen LogP contribution in [-0.4, -0.2) is 59.8 Å². The summed E-state index contributed by atoms with van der Waals surface area (Å²) in [7, 11) is 1.19. The fraction of sp³-hybridized carbons (Fsp3) is 0.478. The first-order chi connectivity index (χ1) is 15.3. The molecule has 9 nitrogen and oxygen atoms in total. The van der Waals surface area contributed by atoms with E-state index in [0.29, 0.717) is 5.56 Å². The number of amides is 3. The minimum Gasteiger partial charge on any atom is -0.468 e. The van der Waals surface area contributed by atoms with Gasteiger partial charge in [-0.3, -0.25) is 19.3 Å². The number of benzene rings is 1. The zero-order valence-electron chi connectivity index (χ0n) is 19.7. The maximum atomic E-state index is 13.3. The summed E-state index contributed by atoms with van der Waals surface area (Å²) in [6.45, 7) is 8.38. The van der Waals surface area contributed by atoms with Crippen molar-refractivity contribution >= 4 is 36.5 Å². The van der Waals surface area contributed by atoms with Gasteiger partial charge < -0.3 is 20.1 Å². The Morgan fingerprint density at radius 2 is 1.82 bits per heavy atom. The third-order valence-corrected chi connectivity index (χ3v) is 4.90. The van der Waals surface area contributed by atoms with Crippen molar-refractivity contribution in [2.45, 2.75) is 52.3 Å². The molecule has 0 saturated heterocycles. The summed E-state index contributed by atoms with van der Waals surface area (Å²) in [6.07, 6.45) is 4.81. The standard InChI is InChI=1S/C23H31N3O6S/c1-8-26(21(29)17(13-33)25-22(30)32-23(4,5)6)19(20(28)24-12-18(27)31-7)16-10-9-14(2)15(3)11-16/h1,9-11,17,19,33H,12-13H2,2-7H3,(H,24,28)(H,25,30). The molecule has 0 aromatic heterocycles.